The summed E-state index contributed by atoms with van der Waals surface area (Å²) in [6, 6.07) is 28.6. The fourth-order valence-corrected chi connectivity index (χ4v) is 3.46. The van der Waals surface area contributed by atoms with Crippen molar-refractivity contribution in [2.45, 2.75) is 13.2 Å². The quantitative estimate of drug-likeness (QED) is 0.258. The van der Waals surface area contributed by atoms with Crippen LogP contribution in [0.4, 0.5) is 21.5 Å². The predicted molar refractivity (Wildman–Crippen MR) is 130 cm³/mol. The number of rotatable bonds is 8. The summed E-state index contributed by atoms with van der Waals surface area (Å²) >= 11 is 3.15. The number of halogens is 2. The molecule has 3 N–H and O–H groups in total. The molecule has 32 heavy (non-hydrogen) atoms. The van der Waals surface area contributed by atoms with Gasteiger partial charge in [0.1, 0.15) is 24.7 Å². The molecular formula is C26H22BrFN2O2. The SMILES string of the molecule is Nc1c(Nc2ccc(OCc3ccccc3)cc2OCc2ccccc2)ccc(Br)c1F. The normalized spacial score (nSPS) is 10.6. The molecule has 0 aliphatic carbocycles. The van der Waals surface area contributed by atoms with E-state index in [-0.39, 0.29) is 5.69 Å². The van der Waals surface area contributed by atoms with Crippen molar-refractivity contribution in [1.29, 1.82) is 0 Å². The first-order valence-electron chi connectivity index (χ1n) is 10.1. The lowest BCUT2D eigenvalue weighted by Crippen LogP contribution is -2.03. The van der Waals surface area contributed by atoms with Crippen molar-refractivity contribution >= 4 is 33.0 Å². The third-order valence-electron chi connectivity index (χ3n) is 4.84. The minimum absolute atomic E-state index is 0.0257. The molecule has 0 atom stereocenters. The Bertz CT molecular complexity index is 1190. The number of nitrogens with two attached hydrogens (primary N) is 1. The van der Waals surface area contributed by atoms with E-state index in [9.17, 15) is 4.39 Å². The highest BCUT2D eigenvalue weighted by molar-refractivity contribution is 9.10. The van der Waals surface area contributed by atoms with Crippen LogP contribution in [0.15, 0.2) is 95.5 Å². The van der Waals surface area contributed by atoms with Gasteiger partial charge in [0.2, 0.25) is 0 Å². The maximum absolute atomic E-state index is 14.2. The summed E-state index contributed by atoms with van der Waals surface area (Å²) in [4.78, 5) is 0. The van der Waals surface area contributed by atoms with Crippen LogP contribution in [0.3, 0.4) is 0 Å². The van der Waals surface area contributed by atoms with Gasteiger partial charge in [0.05, 0.1) is 21.5 Å². The van der Waals surface area contributed by atoms with Gasteiger partial charge in [-0.25, -0.2) is 4.39 Å². The van der Waals surface area contributed by atoms with Gasteiger partial charge in [0.25, 0.3) is 0 Å². The van der Waals surface area contributed by atoms with Gasteiger partial charge in [-0.2, -0.15) is 0 Å². The Kier molecular flexibility index (Phi) is 6.92. The van der Waals surface area contributed by atoms with Gasteiger partial charge >= 0.3 is 0 Å². The van der Waals surface area contributed by atoms with Gasteiger partial charge in [-0.3, -0.25) is 0 Å². The second-order valence-corrected chi connectivity index (χ2v) is 8.01. The van der Waals surface area contributed by atoms with E-state index in [1.54, 1.807) is 12.1 Å². The summed E-state index contributed by atoms with van der Waals surface area (Å²) in [5.74, 6) is 0.726. The zero-order chi connectivity index (χ0) is 22.3. The number of benzene rings is 4. The zero-order valence-electron chi connectivity index (χ0n) is 17.2. The Morgan fingerprint density at radius 3 is 2.00 bits per heavy atom. The summed E-state index contributed by atoms with van der Waals surface area (Å²) in [5, 5.41) is 3.18. The van der Waals surface area contributed by atoms with E-state index in [1.165, 1.54) is 0 Å². The van der Waals surface area contributed by atoms with E-state index < -0.39 is 5.82 Å². The van der Waals surface area contributed by atoms with E-state index in [0.717, 1.165) is 11.1 Å². The molecule has 4 rings (SSSR count). The van der Waals surface area contributed by atoms with Crippen molar-refractivity contribution in [1.82, 2.24) is 0 Å². The van der Waals surface area contributed by atoms with Crippen molar-refractivity contribution in [3.8, 4) is 11.5 Å². The van der Waals surface area contributed by atoms with Gasteiger partial charge in [-0.15, -0.1) is 0 Å². The minimum atomic E-state index is -0.510. The van der Waals surface area contributed by atoms with Crippen molar-refractivity contribution in [3.63, 3.8) is 0 Å². The van der Waals surface area contributed by atoms with E-state index in [4.69, 9.17) is 15.2 Å². The maximum atomic E-state index is 14.2. The molecule has 0 fully saturated rings. The molecule has 0 aliphatic heterocycles. The second-order valence-electron chi connectivity index (χ2n) is 7.15. The molecule has 4 aromatic carbocycles. The smallest absolute Gasteiger partial charge is 0.162 e. The Labute approximate surface area is 194 Å². The van der Waals surface area contributed by atoms with Gasteiger partial charge in [0, 0.05) is 6.07 Å². The molecule has 0 saturated heterocycles. The predicted octanol–water partition coefficient (Wildman–Crippen LogP) is 7.07. The van der Waals surface area contributed by atoms with Crippen LogP contribution in [-0.4, -0.2) is 0 Å². The molecule has 4 nitrogen and oxygen atoms in total. The monoisotopic (exact) mass is 492 g/mol. The average molecular weight is 493 g/mol. The Morgan fingerprint density at radius 1 is 0.750 bits per heavy atom. The molecule has 0 aliphatic rings. The molecular weight excluding hydrogens is 471 g/mol. The molecule has 0 aromatic heterocycles. The molecule has 6 heteroatoms. The van der Waals surface area contributed by atoms with Crippen molar-refractivity contribution in [2.24, 2.45) is 0 Å². The number of anilines is 3. The first-order chi connectivity index (χ1) is 15.6. The fourth-order valence-electron chi connectivity index (χ4n) is 3.11. The second kappa shape index (κ2) is 10.2. The average Bonchev–Trinajstić information content (AvgIpc) is 2.84. The molecule has 0 radical (unpaired) electrons. The van der Waals surface area contributed by atoms with Gasteiger partial charge < -0.3 is 20.5 Å². The van der Waals surface area contributed by atoms with Crippen molar-refractivity contribution in [2.75, 3.05) is 11.1 Å². The first-order valence-corrected chi connectivity index (χ1v) is 10.9. The van der Waals surface area contributed by atoms with Crippen LogP contribution in [0.2, 0.25) is 0 Å². The lowest BCUT2D eigenvalue weighted by molar-refractivity contribution is 0.291. The summed E-state index contributed by atoms with van der Waals surface area (Å²) in [6.45, 7) is 0.818. The molecule has 0 saturated carbocycles. The molecule has 0 amide bonds. The van der Waals surface area contributed by atoms with E-state index in [0.29, 0.717) is 40.6 Å². The highest BCUT2D eigenvalue weighted by atomic mass is 79.9. The standard InChI is InChI=1S/C26H22BrFN2O2/c27-21-12-14-23(26(29)25(21)28)30-22-13-11-20(31-16-18-7-3-1-4-8-18)15-24(22)32-17-19-9-5-2-6-10-19/h1-15,30H,16-17,29H2. The fraction of sp³-hybridized carbons (Fsp3) is 0.0769. The number of nitrogens with one attached hydrogen (secondary N) is 1. The van der Waals surface area contributed by atoms with Gasteiger partial charge in [-0.05, 0) is 51.3 Å². The number of nitrogen functional groups attached to an aromatic ring is 1. The van der Waals surface area contributed by atoms with Crippen LogP contribution in [0.25, 0.3) is 0 Å². The molecule has 0 bridgehead atoms. The summed E-state index contributed by atoms with van der Waals surface area (Å²) in [7, 11) is 0. The van der Waals surface area contributed by atoms with Crippen LogP contribution in [0.1, 0.15) is 11.1 Å². The molecule has 0 spiro atoms. The summed E-state index contributed by atoms with van der Waals surface area (Å²) < 4.78 is 26.6. The topological polar surface area (TPSA) is 56.5 Å². The van der Waals surface area contributed by atoms with Crippen LogP contribution in [-0.2, 0) is 13.2 Å². The number of hydrogen-bond donors (Lipinski definition) is 2. The van der Waals surface area contributed by atoms with Gasteiger partial charge in [0.15, 0.2) is 5.82 Å². The lowest BCUT2D eigenvalue weighted by Gasteiger charge is -2.17. The van der Waals surface area contributed by atoms with Crippen LogP contribution >= 0.6 is 15.9 Å². The van der Waals surface area contributed by atoms with E-state index in [1.807, 2.05) is 78.9 Å². The Morgan fingerprint density at radius 2 is 1.34 bits per heavy atom. The van der Waals surface area contributed by atoms with E-state index in [2.05, 4.69) is 21.2 Å². The Hall–Kier alpha value is -3.51. The highest BCUT2D eigenvalue weighted by Crippen LogP contribution is 2.36. The van der Waals surface area contributed by atoms with Crippen molar-refractivity contribution in [3.05, 3.63) is 112 Å². The summed E-state index contributed by atoms with van der Waals surface area (Å²) in [5.41, 5.74) is 9.19. The number of hydrogen-bond acceptors (Lipinski definition) is 4. The lowest BCUT2D eigenvalue weighted by atomic mass is 10.2. The molecule has 0 unspecified atom stereocenters. The molecule has 0 heterocycles. The third-order valence-corrected chi connectivity index (χ3v) is 5.45. The minimum Gasteiger partial charge on any atom is -0.489 e. The zero-order valence-corrected chi connectivity index (χ0v) is 18.8. The molecule has 4 aromatic rings. The van der Waals surface area contributed by atoms with Crippen LogP contribution < -0.4 is 20.5 Å². The first kappa shape index (κ1) is 21.7. The van der Waals surface area contributed by atoms with E-state index >= 15 is 0 Å². The number of ether oxygens (including phenoxy) is 2. The summed E-state index contributed by atoms with van der Waals surface area (Å²) in [6.07, 6.45) is 0. The van der Waals surface area contributed by atoms with Crippen LogP contribution in [0, 0.1) is 5.82 Å². The molecule has 162 valence electrons. The maximum Gasteiger partial charge on any atom is 0.162 e. The van der Waals surface area contributed by atoms with Crippen molar-refractivity contribution < 1.29 is 13.9 Å². The third kappa shape index (κ3) is 5.39. The Balaban J connectivity index is 1.58. The van der Waals surface area contributed by atoms with Gasteiger partial charge in [-0.1, -0.05) is 60.7 Å². The largest absolute Gasteiger partial charge is 0.489 e. The highest BCUT2D eigenvalue weighted by Gasteiger charge is 2.13. The van der Waals surface area contributed by atoms with Crippen LogP contribution in [0.5, 0.6) is 11.5 Å².